The van der Waals surface area contributed by atoms with Crippen molar-refractivity contribution >= 4 is 16.5 Å². The Balaban J connectivity index is 1.96. The molecular formula is C12H21N3OS. The molecule has 17 heavy (non-hydrogen) atoms. The molecule has 0 amide bonds. The van der Waals surface area contributed by atoms with Crippen molar-refractivity contribution in [3.05, 3.63) is 5.01 Å². The molecule has 1 N–H and O–H groups in total. The molecule has 1 saturated heterocycles. The predicted octanol–water partition coefficient (Wildman–Crippen LogP) is 2.82. The largest absolute Gasteiger partial charge is 0.376 e. The molecule has 1 fully saturated rings. The monoisotopic (exact) mass is 255 g/mol. The van der Waals surface area contributed by atoms with Crippen LogP contribution in [0.5, 0.6) is 0 Å². The van der Waals surface area contributed by atoms with Crippen molar-refractivity contribution in [1.82, 2.24) is 10.2 Å². The van der Waals surface area contributed by atoms with Crippen LogP contribution in [0.1, 0.15) is 45.5 Å². The Bertz CT molecular complexity index is 366. The third-order valence-corrected chi connectivity index (χ3v) is 4.22. The molecule has 5 heteroatoms. The minimum atomic E-state index is 0.0741. The number of aromatic nitrogens is 2. The topological polar surface area (TPSA) is 47.0 Å². The van der Waals surface area contributed by atoms with E-state index in [-0.39, 0.29) is 5.41 Å². The molecule has 1 aromatic rings. The predicted molar refractivity (Wildman–Crippen MR) is 70.7 cm³/mol. The van der Waals surface area contributed by atoms with Gasteiger partial charge < -0.3 is 10.1 Å². The summed E-state index contributed by atoms with van der Waals surface area (Å²) in [6.07, 6.45) is 2.62. The Morgan fingerprint density at radius 2 is 2.18 bits per heavy atom. The van der Waals surface area contributed by atoms with E-state index in [1.54, 1.807) is 11.3 Å². The van der Waals surface area contributed by atoms with E-state index in [4.69, 9.17) is 4.74 Å². The summed E-state index contributed by atoms with van der Waals surface area (Å²) in [5, 5.41) is 13.8. The molecule has 0 aliphatic carbocycles. The lowest BCUT2D eigenvalue weighted by Crippen LogP contribution is -2.29. The van der Waals surface area contributed by atoms with E-state index < -0.39 is 0 Å². The maximum Gasteiger partial charge on any atom is 0.205 e. The van der Waals surface area contributed by atoms with Crippen molar-refractivity contribution < 1.29 is 4.74 Å². The number of hydrogen-bond acceptors (Lipinski definition) is 5. The third kappa shape index (κ3) is 3.16. The minimum absolute atomic E-state index is 0.0741. The summed E-state index contributed by atoms with van der Waals surface area (Å²) in [5.41, 5.74) is 0.0741. The van der Waals surface area contributed by atoms with Crippen LogP contribution in [-0.4, -0.2) is 29.0 Å². The molecule has 0 aromatic carbocycles. The summed E-state index contributed by atoms with van der Waals surface area (Å²) in [6.45, 7) is 9.50. The van der Waals surface area contributed by atoms with Crippen molar-refractivity contribution in [1.29, 1.82) is 0 Å². The highest BCUT2D eigenvalue weighted by atomic mass is 32.1. The number of nitrogens with one attached hydrogen (secondary N) is 1. The summed E-state index contributed by atoms with van der Waals surface area (Å²) in [4.78, 5) is 0. The van der Waals surface area contributed by atoms with Gasteiger partial charge in [-0.3, -0.25) is 0 Å². The van der Waals surface area contributed by atoms with Crippen LogP contribution in [0.4, 0.5) is 5.13 Å². The molecule has 1 aromatic heterocycles. The van der Waals surface area contributed by atoms with Gasteiger partial charge in [-0.25, -0.2) is 0 Å². The minimum Gasteiger partial charge on any atom is -0.376 e. The Hall–Kier alpha value is -0.680. The Morgan fingerprint density at radius 1 is 1.41 bits per heavy atom. The molecule has 0 saturated carbocycles. The van der Waals surface area contributed by atoms with Crippen molar-refractivity contribution in [3.63, 3.8) is 0 Å². The van der Waals surface area contributed by atoms with Crippen LogP contribution in [-0.2, 0) is 10.2 Å². The van der Waals surface area contributed by atoms with Gasteiger partial charge in [0, 0.05) is 12.0 Å². The fraction of sp³-hybridized carbons (Fsp3) is 0.833. The van der Waals surface area contributed by atoms with Crippen LogP contribution < -0.4 is 5.32 Å². The standard InChI is InChI=1S/C12H21N3OS/c1-8(9-6-5-7-16-9)13-11-15-14-10(17-11)12(2,3)4/h8-9H,5-7H2,1-4H3,(H,13,15)/t8-,9+/m0/s1. The highest BCUT2D eigenvalue weighted by Crippen LogP contribution is 2.28. The third-order valence-electron chi connectivity index (χ3n) is 2.94. The smallest absolute Gasteiger partial charge is 0.205 e. The maximum absolute atomic E-state index is 5.65. The fourth-order valence-corrected chi connectivity index (χ4v) is 2.77. The SMILES string of the molecule is C[C@H](Nc1nnc(C(C)(C)C)s1)[C@H]1CCCO1. The zero-order valence-electron chi connectivity index (χ0n) is 11.0. The summed E-state index contributed by atoms with van der Waals surface area (Å²) >= 11 is 1.64. The Kier molecular flexibility index (Phi) is 3.68. The second kappa shape index (κ2) is 4.90. The lowest BCUT2D eigenvalue weighted by molar-refractivity contribution is 0.0996. The van der Waals surface area contributed by atoms with Gasteiger partial charge in [-0.05, 0) is 19.8 Å². The normalized spacial score (nSPS) is 22.7. The van der Waals surface area contributed by atoms with E-state index in [1.807, 2.05) is 0 Å². The quantitative estimate of drug-likeness (QED) is 0.902. The van der Waals surface area contributed by atoms with Crippen LogP contribution in [0.3, 0.4) is 0 Å². The van der Waals surface area contributed by atoms with Crippen molar-refractivity contribution in [2.75, 3.05) is 11.9 Å². The first-order valence-electron chi connectivity index (χ1n) is 6.19. The van der Waals surface area contributed by atoms with Crippen molar-refractivity contribution in [3.8, 4) is 0 Å². The zero-order valence-corrected chi connectivity index (χ0v) is 11.8. The number of nitrogens with zero attached hydrogens (tertiary/aromatic N) is 2. The summed E-state index contributed by atoms with van der Waals surface area (Å²) < 4.78 is 5.65. The molecule has 0 bridgehead atoms. The highest BCUT2D eigenvalue weighted by molar-refractivity contribution is 7.15. The van der Waals surface area contributed by atoms with Crippen molar-refractivity contribution in [2.45, 2.75) is 58.1 Å². The zero-order chi connectivity index (χ0) is 12.5. The van der Waals surface area contributed by atoms with E-state index in [2.05, 4.69) is 43.2 Å². The maximum atomic E-state index is 5.65. The van der Waals surface area contributed by atoms with Gasteiger partial charge in [0.15, 0.2) is 0 Å². The van der Waals surface area contributed by atoms with Gasteiger partial charge in [0.05, 0.1) is 12.1 Å². The molecule has 2 heterocycles. The number of anilines is 1. The number of hydrogen-bond donors (Lipinski definition) is 1. The van der Waals surface area contributed by atoms with E-state index >= 15 is 0 Å². The second-order valence-corrected chi connectivity index (χ2v) is 6.62. The highest BCUT2D eigenvalue weighted by Gasteiger charge is 2.24. The first-order valence-corrected chi connectivity index (χ1v) is 7.00. The molecular weight excluding hydrogens is 234 g/mol. The van der Waals surface area contributed by atoms with Crippen LogP contribution in [0.15, 0.2) is 0 Å². The van der Waals surface area contributed by atoms with Gasteiger partial charge in [-0.1, -0.05) is 32.1 Å². The number of rotatable bonds is 3. The van der Waals surface area contributed by atoms with Gasteiger partial charge >= 0.3 is 0 Å². The molecule has 2 atom stereocenters. The fourth-order valence-electron chi connectivity index (χ4n) is 1.87. The van der Waals surface area contributed by atoms with Crippen molar-refractivity contribution in [2.24, 2.45) is 0 Å². The molecule has 1 aliphatic rings. The average molecular weight is 255 g/mol. The van der Waals surface area contributed by atoms with Gasteiger partial charge in [0.2, 0.25) is 5.13 Å². The molecule has 1 aliphatic heterocycles. The lowest BCUT2D eigenvalue weighted by Gasteiger charge is -2.19. The summed E-state index contributed by atoms with van der Waals surface area (Å²) in [6, 6.07) is 0.304. The molecule has 0 unspecified atom stereocenters. The molecule has 96 valence electrons. The van der Waals surface area contributed by atoms with E-state index in [0.717, 1.165) is 23.2 Å². The van der Waals surface area contributed by atoms with Crippen LogP contribution in [0, 0.1) is 0 Å². The molecule has 0 radical (unpaired) electrons. The second-order valence-electron chi connectivity index (χ2n) is 5.65. The van der Waals surface area contributed by atoms with Gasteiger partial charge in [0.25, 0.3) is 0 Å². The van der Waals surface area contributed by atoms with Gasteiger partial charge in [-0.15, -0.1) is 10.2 Å². The van der Waals surface area contributed by atoms with E-state index in [0.29, 0.717) is 12.1 Å². The van der Waals surface area contributed by atoms with Gasteiger partial charge in [-0.2, -0.15) is 0 Å². The number of ether oxygens (including phenoxy) is 1. The van der Waals surface area contributed by atoms with E-state index in [9.17, 15) is 0 Å². The van der Waals surface area contributed by atoms with Crippen LogP contribution in [0.25, 0.3) is 0 Å². The summed E-state index contributed by atoms with van der Waals surface area (Å²) in [5.74, 6) is 0. The molecule has 0 spiro atoms. The van der Waals surface area contributed by atoms with Crippen LogP contribution >= 0.6 is 11.3 Å². The summed E-state index contributed by atoms with van der Waals surface area (Å²) in [7, 11) is 0. The van der Waals surface area contributed by atoms with Crippen LogP contribution in [0.2, 0.25) is 0 Å². The Labute approximate surface area is 107 Å². The lowest BCUT2D eigenvalue weighted by atomic mass is 9.98. The average Bonchev–Trinajstić information content (AvgIpc) is 2.85. The first kappa shape index (κ1) is 12.8. The molecule has 2 rings (SSSR count). The Morgan fingerprint density at radius 3 is 2.71 bits per heavy atom. The molecule has 4 nitrogen and oxygen atoms in total. The van der Waals surface area contributed by atoms with Gasteiger partial charge in [0.1, 0.15) is 5.01 Å². The first-order chi connectivity index (χ1) is 7.97. The van der Waals surface area contributed by atoms with E-state index in [1.165, 1.54) is 6.42 Å².